The Kier molecular flexibility index (Phi) is 4.13. The number of likely N-dealkylation sites (N-methyl/N-ethyl adjacent to an activating group) is 1. The van der Waals surface area contributed by atoms with Crippen LogP contribution in [0.4, 0.5) is 0 Å². The van der Waals surface area contributed by atoms with Gasteiger partial charge in [-0.25, -0.2) is 0 Å². The van der Waals surface area contributed by atoms with Gasteiger partial charge in [0.15, 0.2) is 0 Å². The zero-order valence-electron chi connectivity index (χ0n) is 12.8. The third-order valence-corrected chi connectivity index (χ3v) is 3.21. The van der Waals surface area contributed by atoms with Crippen LogP contribution in [0.3, 0.4) is 0 Å². The fourth-order valence-corrected chi connectivity index (χ4v) is 2.01. The van der Waals surface area contributed by atoms with Crippen LogP contribution in [-0.4, -0.2) is 38.1 Å². The van der Waals surface area contributed by atoms with Crippen molar-refractivity contribution >= 4 is 5.91 Å². The summed E-state index contributed by atoms with van der Waals surface area (Å²) in [7, 11) is 1.67. The number of aryl methyl sites for hydroxylation is 1. The van der Waals surface area contributed by atoms with Crippen molar-refractivity contribution in [1.29, 1.82) is 0 Å². The Hall–Kier alpha value is -3.03. The highest BCUT2D eigenvalue weighted by Gasteiger charge is 2.16. The summed E-state index contributed by atoms with van der Waals surface area (Å²) in [5, 5.41) is 7.66. The Morgan fingerprint density at radius 3 is 2.70 bits per heavy atom. The quantitative estimate of drug-likeness (QED) is 0.706. The second-order valence-electron chi connectivity index (χ2n) is 5.11. The van der Waals surface area contributed by atoms with E-state index in [-0.39, 0.29) is 18.9 Å². The van der Waals surface area contributed by atoms with Crippen LogP contribution in [0.2, 0.25) is 0 Å². The molecular formula is C15H15N5O3. The van der Waals surface area contributed by atoms with Crippen molar-refractivity contribution in [3.05, 3.63) is 47.9 Å². The Morgan fingerprint density at radius 2 is 2.00 bits per heavy atom. The van der Waals surface area contributed by atoms with Crippen molar-refractivity contribution in [3.63, 3.8) is 0 Å². The number of carbonyl (C=O) groups is 1. The van der Waals surface area contributed by atoms with Gasteiger partial charge in [-0.3, -0.25) is 9.78 Å². The summed E-state index contributed by atoms with van der Waals surface area (Å²) in [4.78, 5) is 21.9. The third kappa shape index (κ3) is 3.60. The van der Waals surface area contributed by atoms with Crippen molar-refractivity contribution in [2.75, 3.05) is 7.05 Å². The van der Waals surface area contributed by atoms with Crippen molar-refractivity contribution in [3.8, 4) is 11.4 Å². The van der Waals surface area contributed by atoms with Gasteiger partial charge in [0.1, 0.15) is 5.76 Å². The molecule has 118 valence electrons. The van der Waals surface area contributed by atoms with Gasteiger partial charge in [0.25, 0.3) is 0 Å². The molecule has 3 rings (SSSR count). The lowest BCUT2D eigenvalue weighted by molar-refractivity contribution is -0.130. The van der Waals surface area contributed by atoms with E-state index in [0.29, 0.717) is 17.5 Å². The topological polar surface area (TPSA) is 98.2 Å². The summed E-state index contributed by atoms with van der Waals surface area (Å²) >= 11 is 0. The molecule has 23 heavy (non-hydrogen) atoms. The zero-order valence-corrected chi connectivity index (χ0v) is 12.8. The Bertz CT molecular complexity index is 796. The molecule has 3 aromatic heterocycles. The largest absolute Gasteiger partial charge is 0.361 e. The van der Waals surface area contributed by atoms with Crippen molar-refractivity contribution in [1.82, 2.24) is 25.2 Å². The lowest BCUT2D eigenvalue weighted by Crippen LogP contribution is -2.27. The number of rotatable bonds is 5. The number of carbonyl (C=O) groups excluding carboxylic acids is 1. The molecule has 0 unspecified atom stereocenters. The Morgan fingerprint density at radius 1 is 1.22 bits per heavy atom. The molecule has 0 bridgehead atoms. The number of hydrogen-bond acceptors (Lipinski definition) is 7. The third-order valence-electron chi connectivity index (χ3n) is 3.21. The van der Waals surface area contributed by atoms with Crippen molar-refractivity contribution < 1.29 is 13.8 Å². The van der Waals surface area contributed by atoms with E-state index in [0.717, 1.165) is 11.3 Å². The molecule has 0 saturated carbocycles. The number of nitrogens with zero attached hydrogens (tertiary/aromatic N) is 5. The van der Waals surface area contributed by atoms with Crippen molar-refractivity contribution in [2.24, 2.45) is 0 Å². The summed E-state index contributed by atoms with van der Waals surface area (Å²) in [6.45, 7) is 2.03. The summed E-state index contributed by atoms with van der Waals surface area (Å²) in [6, 6.07) is 5.31. The predicted octanol–water partition coefficient (Wildman–Crippen LogP) is 1.63. The minimum atomic E-state index is -0.121. The molecular weight excluding hydrogens is 298 g/mol. The maximum atomic E-state index is 12.1. The molecule has 0 atom stereocenters. The van der Waals surface area contributed by atoms with Gasteiger partial charge in [0, 0.05) is 31.1 Å². The van der Waals surface area contributed by atoms with Gasteiger partial charge < -0.3 is 13.9 Å². The molecule has 0 aromatic carbocycles. The number of amides is 1. The highest BCUT2D eigenvalue weighted by Crippen LogP contribution is 2.15. The smallest absolute Gasteiger partial charge is 0.246 e. The second kappa shape index (κ2) is 6.39. The average molecular weight is 313 g/mol. The first-order chi connectivity index (χ1) is 11.1. The Balaban J connectivity index is 1.62. The summed E-state index contributed by atoms with van der Waals surface area (Å²) < 4.78 is 10.2. The highest BCUT2D eigenvalue weighted by atomic mass is 16.5. The molecule has 0 aliphatic carbocycles. The molecule has 1 amide bonds. The van der Waals surface area contributed by atoms with Gasteiger partial charge in [-0.2, -0.15) is 4.98 Å². The molecule has 0 spiro atoms. The highest BCUT2D eigenvalue weighted by molar-refractivity contribution is 5.77. The SMILES string of the molecule is Cc1cc(CC(=O)N(C)Cc2nc(-c3ccncc3)no2)on1. The van der Waals surface area contributed by atoms with Gasteiger partial charge in [0.05, 0.1) is 18.7 Å². The Labute approximate surface area is 132 Å². The van der Waals surface area contributed by atoms with E-state index in [1.807, 2.05) is 0 Å². The van der Waals surface area contributed by atoms with E-state index in [1.54, 1.807) is 44.6 Å². The first-order valence-electron chi connectivity index (χ1n) is 7.01. The molecule has 0 saturated heterocycles. The molecule has 3 aromatic rings. The van der Waals surface area contributed by atoms with Gasteiger partial charge in [-0.15, -0.1) is 0 Å². The molecule has 8 heteroatoms. The summed E-state index contributed by atoms with van der Waals surface area (Å²) in [5.41, 5.74) is 1.55. The van der Waals surface area contributed by atoms with Crippen LogP contribution in [-0.2, 0) is 17.8 Å². The number of hydrogen-bond donors (Lipinski definition) is 0. The maximum absolute atomic E-state index is 12.1. The minimum absolute atomic E-state index is 0.121. The number of aromatic nitrogens is 4. The van der Waals surface area contributed by atoms with Crippen LogP contribution in [0.15, 0.2) is 39.6 Å². The predicted molar refractivity (Wildman–Crippen MR) is 78.9 cm³/mol. The van der Waals surface area contributed by atoms with Crippen LogP contribution in [0.1, 0.15) is 17.3 Å². The maximum Gasteiger partial charge on any atom is 0.246 e. The van der Waals surface area contributed by atoms with Crippen LogP contribution < -0.4 is 0 Å². The van der Waals surface area contributed by atoms with Gasteiger partial charge in [-0.1, -0.05) is 10.3 Å². The lowest BCUT2D eigenvalue weighted by Gasteiger charge is -2.13. The summed E-state index contributed by atoms with van der Waals surface area (Å²) in [5.74, 6) is 1.24. The minimum Gasteiger partial charge on any atom is -0.361 e. The molecule has 8 nitrogen and oxygen atoms in total. The molecule has 3 heterocycles. The number of pyridine rings is 1. The molecule has 0 aliphatic heterocycles. The molecule has 0 radical (unpaired) electrons. The molecule has 0 N–H and O–H groups in total. The van der Waals surface area contributed by atoms with Crippen LogP contribution >= 0.6 is 0 Å². The lowest BCUT2D eigenvalue weighted by atomic mass is 10.2. The van der Waals surface area contributed by atoms with Crippen molar-refractivity contribution in [2.45, 2.75) is 19.9 Å². The van der Waals surface area contributed by atoms with Crippen LogP contribution in [0.25, 0.3) is 11.4 Å². The fourth-order valence-electron chi connectivity index (χ4n) is 2.01. The van der Waals surface area contributed by atoms with E-state index in [1.165, 1.54) is 4.90 Å². The van der Waals surface area contributed by atoms with E-state index < -0.39 is 0 Å². The van der Waals surface area contributed by atoms with Crippen LogP contribution in [0.5, 0.6) is 0 Å². The van der Waals surface area contributed by atoms with Crippen LogP contribution in [0, 0.1) is 6.92 Å². The summed E-state index contributed by atoms with van der Waals surface area (Å²) in [6.07, 6.45) is 3.45. The monoisotopic (exact) mass is 313 g/mol. The van der Waals surface area contributed by atoms with E-state index in [2.05, 4.69) is 20.3 Å². The first-order valence-corrected chi connectivity index (χ1v) is 7.01. The first kappa shape index (κ1) is 14.9. The second-order valence-corrected chi connectivity index (χ2v) is 5.11. The van der Waals surface area contributed by atoms with Gasteiger partial charge in [0.2, 0.25) is 17.6 Å². The van der Waals surface area contributed by atoms with Gasteiger partial charge >= 0.3 is 0 Å². The zero-order chi connectivity index (χ0) is 16.2. The van der Waals surface area contributed by atoms with E-state index in [4.69, 9.17) is 9.05 Å². The van der Waals surface area contributed by atoms with E-state index in [9.17, 15) is 4.79 Å². The molecule has 0 aliphatic rings. The fraction of sp³-hybridized carbons (Fsp3) is 0.267. The molecule has 0 fully saturated rings. The normalized spacial score (nSPS) is 10.7. The average Bonchev–Trinajstić information content (AvgIpc) is 3.17. The van der Waals surface area contributed by atoms with E-state index >= 15 is 0 Å². The standard InChI is InChI=1S/C15H15N5O3/c1-10-7-12(22-18-10)8-14(21)20(2)9-13-17-15(19-23-13)11-3-5-16-6-4-11/h3-7H,8-9H2,1-2H3. The van der Waals surface area contributed by atoms with Gasteiger partial charge in [-0.05, 0) is 19.1 Å².